The Labute approximate surface area is 85.3 Å². The minimum atomic E-state index is -0.785. The van der Waals surface area contributed by atoms with Crippen LogP contribution in [0.2, 0.25) is 0 Å². The van der Waals surface area contributed by atoms with Crippen molar-refractivity contribution in [3.8, 4) is 5.75 Å². The number of rotatable bonds is 2. The van der Waals surface area contributed by atoms with E-state index in [1.165, 1.54) is 0 Å². The van der Waals surface area contributed by atoms with Crippen LogP contribution in [0.15, 0.2) is 22.7 Å². The first-order chi connectivity index (χ1) is 5.97. The van der Waals surface area contributed by atoms with Crippen LogP contribution in [-0.2, 0) is 5.54 Å². The van der Waals surface area contributed by atoms with Crippen molar-refractivity contribution in [1.82, 2.24) is 0 Å². The Kier molecular flexibility index (Phi) is 2.95. The van der Waals surface area contributed by atoms with Gasteiger partial charge in [0.1, 0.15) is 5.75 Å². The van der Waals surface area contributed by atoms with E-state index < -0.39 is 5.54 Å². The summed E-state index contributed by atoms with van der Waals surface area (Å²) in [5.74, 6) is 0.171. The molecule has 0 aromatic heterocycles. The molecule has 0 unspecified atom stereocenters. The van der Waals surface area contributed by atoms with Gasteiger partial charge < -0.3 is 15.9 Å². The third-order valence-corrected chi connectivity index (χ3v) is 2.55. The van der Waals surface area contributed by atoms with E-state index in [4.69, 9.17) is 15.9 Å². The lowest BCUT2D eigenvalue weighted by molar-refractivity contribution is 0.209. The van der Waals surface area contributed by atoms with Crippen LogP contribution >= 0.6 is 15.9 Å². The summed E-state index contributed by atoms with van der Waals surface area (Å²) in [7, 11) is 0. The fourth-order valence-electron chi connectivity index (χ4n) is 1.05. The summed E-state index contributed by atoms with van der Waals surface area (Å²) in [4.78, 5) is 0. The monoisotopic (exact) mass is 245 g/mol. The van der Waals surface area contributed by atoms with Gasteiger partial charge >= 0.3 is 0 Å². The zero-order valence-electron chi connectivity index (χ0n) is 7.29. The smallest absolute Gasteiger partial charge is 0.116 e. The van der Waals surface area contributed by atoms with Gasteiger partial charge in [0.05, 0.1) is 12.1 Å². The van der Waals surface area contributed by atoms with Crippen LogP contribution in [0.5, 0.6) is 5.75 Å². The summed E-state index contributed by atoms with van der Waals surface area (Å²) in [5.41, 5.74) is 5.81. The van der Waals surface area contributed by atoms with Crippen LogP contribution in [-0.4, -0.2) is 16.8 Å². The zero-order valence-corrected chi connectivity index (χ0v) is 8.87. The summed E-state index contributed by atoms with van der Waals surface area (Å²) in [6.45, 7) is 1.58. The highest BCUT2D eigenvalue weighted by atomic mass is 79.9. The van der Waals surface area contributed by atoms with Crippen molar-refractivity contribution in [1.29, 1.82) is 0 Å². The lowest BCUT2D eigenvalue weighted by Gasteiger charge is -2.23. The minimum absolute atomic E-state index is 0.142. The van der Waals surface area contributed by atoms with E-state index in [0.717, 1.165) is 5.56 Å². The predicted octanol–water partition coefficient (Wildman–Crippen LogP) is 1.32. The summed E-state index contributed by atoms with van der Waals surface area (Å²) in [6.07, 6.45) is 0. The number of nitrogens with two attached hydrogens (primary N) is 1. The van der Waals surface area contributed by atoms with Gasteiger partial charge in [-0.3, -0.25) is 0 Å². The molecule has 72 valence electrons. The Balaban J connectivity index is 3.16. The molecule has 0 saturated heterocycles. The molecule has 0 aliphatic carbocycles. The van der Waals surface area contributed by atoms with Crippen molar-refractivity contribution in [2.75, 3.05) is 6.61 Å². The Bertz CT molecular complexity index is 312. The molecule has 0 heterocycles. The molecule has 1 atom stereocenters. The second kappa shape index (κ2) is 3.65. The molecule has 0 spiro atoms. The minimum Gasteiger partial charge on any atom is -0.508 e. The Morgan fingerprint density at radius 2 is 2.15 bits per heavy atom. The number of halogens is 1. The lowest BCUT2D eigenvalue weighted by atomic mass is 9.94. The van der Waals surface area contributed by atoms with Gasteiger partial charge in [-0.15, -0.1) is 0 Å². The van der Waals surface area contributed by atoms with Gasteiger partial charge in [-0.05, 0) is 24.6 Å². The van der Waals surface area contributed by atoms with E-state index in [1.807, 2.05) is 0 Å². The lowest BCUT2D eigenvalue weighted by Crippen LogP contribution is -2.37. The Hall–Kier alpha value is -0.580. The van der Waals surface area contributed by atoms with Crippen molar-refractivity contribution in [2.45, 2.75) is 12.5 Å². The molecule has 3 nitrogen and oxygen atoms in total. The zero-order chi connectivity index (χ0) is 10.1. The number of aliphatic hydroxyl groups excluding tert-OH is 1. The number of aromatic hydroxyl groups is 1. The summed E-state index contributed by atoms with van der Waals surface area (Å²) in [5, 5.41) is 18.2. The molecule has 4 N–H and O–H groups in total. The largest absolute Gasteiger partial charge is 0.508 e. The van der Waals surface area contributed by atoms with Crippen LogP contribution < -0.4 is 5.73 Å². The average molecular weight is 246 g/mol. The van der Waals surface area contributed by atoms with Gasteiger partial charge in [0.25, 0.3) is 0 Å². The number of phenolic OH excluding ortho intramolecular Hbond substituents is 1. The van der Waals surface area contributed by atoms with Crippen molar-refractivity contribution in [3.05, 3.63) is 28.2 Å². The van der Waals surface area contributed by atoms with E-state index in [0.29, 0.717) is 4.47 Å². The van der Waals surface area contributed by atoms with Gasteiger partial charge in [0.15, 0.2) is 0 Å². The van der Waals surface area contributed by atoms with Gasteiger partial charge in [-0.2, -0.15) is 0 Å². The van der Waals surface area contributed by atoms with Gasteiger partial charge in [0.2, 0.25) is 0 Å². The highest BCUT2D eigenvalue weighted by Gasteiger charge is 2.22. The molecule has 0 saturated carbocycles. The van der Waals surface area contributed by atoms with Crippen molar-refractivity contribution in [3.63, 3.8) is 0 Å². The van der Waals surface area contributed by atoms with E-state index in [2.05, 4.69) is 15.9 Å². The van der Waals surface area contributed by atoms with E-state index >= 15 is 0 Å². The summed E-state index contributed by atoms with van der Waals surface area (Å²) in [6, 6.07) is 4.78. The molecule has 0 aliphatic heterocycles. The van der Waals surface area contributed by atoms with Crippen LogP contribution in [0.25, 0.3) is 0 Å². The van der Waals surface area contributed by atoms with Crippen molar-refractivity contribution in [2.24, 2.45) is 5.73 Å². The van der Waals surface area contributed by atoms with Gasteiger partial charge in [-0.25, -0.2) is 0 Å². The molecule has 1 aromatic rings. The molecule has 0 amide bonds. The average Bonchev–Trinajstić information content (AvgIpc) is 2.03. The highest BCUT2D eigenvalue weighted by molar-refractivity contribution is 9.10. The number of hydrogen-bond donors (Lipinski definition) is 3. The molecule has 4 heteroatoms. The molecular formula is C9H12BrNO2. The van der Waals surface area contributed by atoms with Crippen LogP contribution in [0.1, 0.15) is 12.5 Å². The number of aliphatic hydroxyl groups is 1. The topological polar surface area (TPSA) is 66.5 Å². The number of phenols is 1. The standard InChI is InChI=1S/C9H12BrNO2/c1-9(11,5-12)7-3-2-6(13)4-8(7)10/h2-4,12-13H,5,11H2,1H3/t9-/m1/s1. The van der Waals surface area contributed by atoms with Gasteiger partial charge in [0, 0.05) is 4.47 Å². The maximum atomic E-state index is 9.14. The maximum Gasteiger partial charge on any atom is 0.116 e. The van der Waals surface area contributed by atoms with Crippen molar-refractivity contribution < 1.29 is 10.2 Å². The second-order valence-electron chi connectivity index (χ2n) is 3.24. The van der Waals surface area contributed by atoms with Crippen molar-refractivity contribution >= 4 is 15.9 Å². The van der Waals surface area contributed by atoms with Crippen LogP contribution in [0.3, 0.4) is 0 Å². The molecular weight excluding hydrogens is 234 g/mol. The molecule has 0 radical (unpaired) electrons. The predicted molar refractivity (Wildman–Crippen MR) is 54.4 cm³/mol. The normalized spacial score (nSPS) is 15.4. The molecule has 0 bridgehead atoms. The summed E-state index contributed by atoms with van der Waals surface area (Å²) < 4.78 is 0.701. The third kappa shape index (κ3) is 2.21. The first-order valence-corrected chi connectivity index (χ1v) is 4.65. The fourth-order valence-corrected chi connectivity index (χ4v) is 1.87. The summed E-state index contributed by atoms with van der Waals surface area (Å²) >= 11 is 3.27. The number of hydrogen-bond acceptors (Lipinski definition) is 3. The van der Waals surface area contributed by atoms with E-state index in [1.54, 1.807) is 25.1 Å². The van der Waals surface area contributed by atoms with E-state index in [-0.39, 0.29) is 12.4 Å². The quantitative estimate of drug-likeness (QED) is 0.737. The Morgan fingerprint density at radius 3 is 2.62 bits per heavy atom. The highest BCUT2D eigenvalue weighted by Crippen LogP contribution is 2.29. The van der Waals surface area contributed by atoms with Gasteiger partial charge in [-0.1, -0.05) is 22.0 Å². The first kappa shape index (κ1) is 10.5. The second-order valence-corrected chi connectivity index (χ2v) is 4.09. The molecule has 0 fully saturated rings. The van der Waals surface area contributed by atoms with Crippen LogP contribution in [0, 0.1) is 0 Å². The van der Waals surface area contributed by atoms with Crippen LogP contribution in [0.4, 0.5) is 0 Å². The molecule has 1 rings (SSSR count). The molecule has 1 aromatic carbocycles. The third-order valence-electron chi connectivity index (χ3n) is 1.90. The first-order valence-electron chi connectivity index (χ1n) is 3.86. The SMILES string of the molecule is C[C@@](N)(CO)c1ccc(O)cc1Br. The maximum absolute atomic E-state index is 9.14. The fraction of sp³-hybridized carbons (Fsp3) is 0.333. The number of benzene rings is 1. The Morgan fingerprint density at radius 1 is 1.54 bits per heavy atom. The van der Waals surface area contributed by atoms with E-state index in [9.17, 15) is 0 Å². The molecule has 13 heavy (non-hydrogen) atoms. The molecule has 0 aliphatic rings.